The smallest absolute Gasteiger partial charge is 0.238 e. The molecule has 2 rings (SSSR count). The van der Waals surface area contributed by atoms with Gasteiger partial charge in [0.1, 0.15) is 0 Å². The summed E-state index contributed by atoms with van der Waals surface area (Å²) in [5.74, 6) is 0.852. The van der Waals surface area contributed by atoms with Crippen molar-refractivity contribution in [1.82, 2.24) is 4.90 Å². The maximum absolute atomic E-state index is 12.1. The molecule has 0 saturated carbocycles. The molecule has 110 valence electrons. The minimum atomic E-state index is 0.0258. The van der Waals surface area contributed by atoms with Gasteiger partial charge >= 0.3 is 0 Å². The number of amides is 1. The van der Waals surface area contributed by atoms with Gasteiger partial charge in [0.25, 0.3) is 0 Å². The number of carbonyl (C=O) groups is 1. The van der Waals surface area contributed by atoms with Gasteiger partial charge in [0.15, 0.2) is 0 Å². The maximum atomic E-state index is 12.1. The molecule has 4 nitrogen and oxygen atoms in total. The Morgan fingerprint density at radius 2 is 2.15 bits per heavy atom. The highest BCUT2D eigenvalue weighted by Crippen LogP contribution is 2.20. The Hall–Kier alpha value is -1.55. The van der Waals surface area contributed by atoms with Crippen LogP contribution in [0.1, 0.15) is 32.6 Å². The van der Waals surface area contributed by atoms with Crippen molar-refractivity contribution in [2.24, 2.45) is 5.92 Å². The third kappa shape index (κ3) is 4.23. The summed E-state index contributed by atoms with van der Waals surface area (Å²) in [5.41, 5.74) is 7.16. The van der Waals surface area contributed by atoms with E-state index in [-0.39, 0.29) is 5.91 Å². The van der Waals surface area contributed by atoms with Crippen molar-refractivity contribution >= 4 is 17.3 Å². The largest absolute Gasteiger partial charge is 0.397 e. The first kappa shape index (κ1) is 14.9. The van der Waals surface area contributed by atoms with Crippen molar-refractivity contribution in [3.8, 4) is 0 Å². The molecule has 1 aliphatic heterocycles. The highest BCUT2D eigenvalue weighted by molar-refractivity contribution is 5.95. The Balaban J connectivity index is 1.84. The average Bonchev–Trinajstić information content (AvgIpc) is 2.66. The third-order valence-corrected chi connectivity index (χ3v) is 4.12. The number of hydrogen-bond acceptors (Lipinski definition) is 3. The fourth-order valence-electron chi connectivity index (χ4n) is 2.79. The van der Waals surface area contributed by atoms with Gasteiger partial charge in [-0.1, -0.05) is 25.5 Å². The molecule has 1 atom stereocenters. The number of benzene rings is 1. The summed E-state index contributed by atoms with van der Waals surface area (Å²) in [6.07, 6.45) is 4.94. The quantitative estimate of drug-likeness (QED) is 0.831. The standard InChI is InChI=1S/C16H25N3O/c1-2-13-6-5-10-19(11-9-13)12-16(20)18-15-8-4-3-7-14(15)17/h3-4,7-8,13H,2,5-6,9-12,17H2,1H3,(H,18,20). The molecular weight excluding hydrogens is 250 g/mol. The number of nitrogen functional groups attached to an aromatic ring is 1. The Morgan fingerprint density at radius 1 is 1.35 bits per heavy atom. The van der Waals surface area contributed by atoms with Crippen molar-refractivity contribution in [2.45, 2.75) is 32.6 Å². The summed E-state index contributed by atoms with van der Waals surface area (Å²) in [6, 6.07) is 7.38. The van der Waals surface area contributed by atoms with Crippen LogP contribution in [0.2, 0.25) is 0 Å². The van der Waals surface area contributed by atoms with Crippen molar-refractivity contribution < 1.29 is 4.79 Å². The van der Waals surface area contributed by atoms with Gasteiger partial charge in [-0.2, -0.15) is 0 Å². The van der Waals surface area contributed by atoms with Crippen LogP contribution in [-0.4, -0.2) is 30.4 Å². The molecule has 1 aromatic carbocycles. The SMILES string of the molecule is CCC1CCCN(CC(=O)Nc2ccccc2N)CC1. The second kappa shape index (κ2) is 7.29. The number of nitrogens with zero attached hydrogens (tertiary/aromatic N) is 1. The fourth-order valence-corrected chi connectivity index (χ4v) is 2.79. The number of rotatable bonds is 4. The van der Waals surface area contributed by atoms with E-state index in [4.69, 9.17) is 5.73 Å². The number of para-hydroxylation sites is 2. The second-order valence-electron chi connectivity index (χ2n) is 5.62. The van der Waals surface area contributed by atoms with Crippen LogP contribution in [0.4, 0.5) is 11.4 Å². The van der Waals surface area contributed by atoms with E-state index in [1.807, 2.05) is 18.2 Å². The number of nitrogens with one attached hydrogen (secondary N) is 1. The molecule has 1 aromatic rings. The van der Waals surface area contributed by atoms with Crippen LogP contribution in [0.25, 0.3) is 0 Å². The third-order valence-electron chi connectivity index (χ3n) is 4.12. The van der Waals surface area contributed by atoms with Gasteiger partial charge in [-0.25, -0.2) is 0 Å². The summed E-state index contributed by atoms with van der Waals surface area (Å²) in [5, 5.41) is 2.90. The molecule has 0 bridgehead atoms. The van der Waals surface area contributed by atoms with Crippen LogP contribution in [-0.2, 0) is 4.79 Å². The lowest BCUT2D eigenvalue weighted by molar-refractivity contribution is -0.117. The molecule has 3 N–H and O–H groups in total. The molecule has 0 aliphatic carbocycles. The summed E-state index contributed by atoms with van der Waals surface area (Å²) < 4.78 is 0. The zero-order chi connectivity index (χ0) is 14.4. The summed E-state index contributed by atoms with van der Waals surface area (Å²) in [6.45, 7) is 4.76. The first-order chi connectivity index (χ1) is 9.69. The molecule has 1 amide bonds. The molecule has 1 fully saturated rings. The summed E-state index contributed by atoms with van der Waals surface area (Å²) in [7, 11) is 0. The van der Waals surface area contributed by atoms with Crippen molar-refractivity contribution in [3.63, 3.8) is 0 Å². The van der Waals surface area contributed by atoms with Gasteiger partial charge in [0, 0.05) is 0 Å². The molecule has 1 aliphatic rings. The Morgan fingerprint density at radius 3 is 2.90 bits per heavy atom. The average molecular weight is 275 g/mol. The second-order valence-corrected chi connectivity index (χ2v) is 5.62. The highest BCUT2D eigenvalue weighted by atomic mass is 16.2. The molecule has 1 heterocycles. The first-order valence-electron chi connectivity index (χ1n) is 7.55. The first-order valence-corrected chi connectivity index (χ1v) is 7.55. The minimum Gasteiger partial charge on any atom is -0.397 e. The van der Waals surface area contributed by atoms with Crippen LogP contribution in [0.5, 0.6) is 0 Å². The van der Waals surface area contributed by atoms with Crippen molar-refractivity contribution in [2.75, 3.05) is 30.7 Å². The fraction of sp³-hybridized carbons (Fsp3) is 0.562. The van der Waals surface area contributed by atoms with E-state index in [9.17, 15) is 4.79 Å². The number of anilines is 2. The molecule has 0 spiro atoms. The lowest BCUT2D eigenvalue weighted by Crippen LogP contribution is -2.34. The predicted octanol–water partition coefficient (Wildman–Crippen LogP) is 2.72. The van der Waals surface area contributed by atoms with E-state index < -0.39 is 0 Å². The van der Waals surface area contributed by atoms with E-state index in [2.05, 4.69) is 17.1 Å². The van der Waals surface area contributed by atoms with Crippen LogP contribution in [0.3, 0.4) is 0 Å². The lowest BCUT2D eigenvalue weighted by Gasteiger charge is -2.19. The maximum Gasteiger partial charge on any atom is 0.238 e. The number of likely N-dealkylation sites (tertiary alicyclic amines) is 1. The Kier molecular flexibility index (Phi) is 5.41. The van der Waals surface area contributed by atoms with Crippen LogP contribution in [0.15, 0.2) is 24.3 Å². The van der Waals surface area contributed by atoms with Gasteiger partial charge < -0.3 is 11.1 Å². The molecule has 1 saturated heterocycles. The van der Waals surface area contributed by atoms with Crippen LogP contribution >= 0.6 is 0 Å². The van der Waals surface area contributed by atoms with Crippen molar-refractivity contribution in [1.29, 1.82) is 0 Å². The molecule has 4 heteroatoms. The predicted molar refractivity (Wildman–Crippen MR) is 83.6 cm³/mol. The van der Waals surface area contributed by atoms with Gasteiger partial charge in [-0.15, -0.1) is 0 Å². The molecule has 0 radical (unpaired) electrons. The molecule has 1 unspecified atom stereocenters. The Labute approximate surface area is 121 Å². The van der Waals surface area contributed by atoms with E-state index >= 15 is 0 Å². The number of nitrogens with two attached hydrogens (primary N) is 1. The van der Waals surface area contributed by atoms with Gasteiger partial charge in [-0.05, 0) is 50.4 Å². The van der Waals surface area contributed by atoms with Crippen molar-refractivity contribution in [3.05, 3.63) is 24.3 Å². The van der Waals surface area contributed by atoms with Gasteiger partial charge in [0.05, 0.1) is 17.9 Å². The normalized spacial score (nSPS) is 20.4. The lowest BCUT2D eigenvalue weighted by atomic mass is 9.98. The highest BCUT2D eigenvalue weighted by Gasteiger charge is 2.17. The molecular formula is C16H25N3O. The van der Waals surface area contributed by atoms with Gasteiger partial charge in [0.2, 0.25) is 5.91 Å². The van der Waals surface area contributed by atoms with Crippen LogP contribution < -0.4 is 11.1 Å². The topological polar surface area (TPSA) is 58.4 Å². The van der Waals surface area contributed by atoms with E-state index in [0.717, 1.165) is 19.0 Å². The van der Waals surface area contributed by atoms with Gasteiger partial charge in [-0.3, -0.25) is 9.69 Å². The van der Waals surface area contributed by atoms with E-state index in [1.54, 1.807) is 6.07 Å². The van der Waals surface area contributed by atoms with E-state index in [1.165, 1.54) is 25.7 Å². The zero-order valence-corrected chi connectivity index (χ0v) is 12.3. The number of carbonyl (C=O) groups excluding carboxylic acids is 1. The molecule has 20 heavy (non-hydrogen) atoms. The summed E-state index contributed by atoms with van der Waals surface area (Å²) in [4.78, 5) is 14.3. The van der Waals surface area contributed by atoms with E-state index in [0.29, 0.717) is 17.9 Å². The number of hydrogen-bond donors (Lipinski definition) is 2. The van der Waals surface area contributed by atoms with Crippen LogP contribution in [0, 0.1) is 5.92 Å². The zero-order valence-electron chi connectivity index (χ0n) is 12.3. The Bertz CT molecular complexity index is 447. The summed E-state index contributed by atoms with van der Waals surface area (Å²) >= 11 is 0. The molecule has 0 aromatic heterocycles. The monoisotopic (exact) mass is 275 g/mol. The minimum absolute atomic E-state index is 0.0258.